The van der Waals surface area contributed by atoms with E-state index in [1.807, 2.05) is 0 Å². The Labute approximate surface area is 112 Å². The van der Waals surface area contributed by atoms with Crippen LogP contribution in [0.15, 0.2) is 36.4 Å². The van der Waals surface area contributed by atoms with Crippen molar-refractivity contribution in [1.82, 2.24) is 0 Å². The fourth-order valence-electron chi connectivity index (χ4n) is 1.82. The van der Waals surface area contributed by atoms with Gasteiger partial charge in [0.1, 0.15) is 5.82 Å². The number of ether oxygens (including phenoxy) is 1. The smallest absolute Gasteiger partial charge is 0.419 e. The van der Waals surface area contributed by atoms with Crippen LogP contribution in [0.5, 0.6) is 11.5 Å². The molecule has 0 saturated heterocycles. The summed E-state index contributed by atoms with van der Waals surface area (Å²) in [6.07, 6.45) is -4.76. The number of halogens is 4. The molecule has 0 unspecified atom stereocenters. The fraction of sp³-hybridized carbons (Fsp3) is 0.143. The normalized spacial score (nSPS) is 11.4. The van der Waals surface area contributed by atoms with Crippen LogP contribution in [0.1, 0.15) is 5.56 Å². The Kier molecular flexibility index (Phi) is 3.57. The summed E-state index contributed by atoms with van der Waals surface area (Å²) >= 11 is 0. The molecule has 0 aliphatic heterocycles. The summed E-state index contributed by atoms with van der Waals surface area (Å²) in [4.78, 5) is 0. The van der Waals surface area contributed by atoms with E-state index in [0.717, 1.165) is 6.07 Å². The molecule has 0 bridgehead atoms. The fourth-order valence-corrected chi connectivity index (χ4v) is 1.82. The summed E-state index contributed by atoms with van der Waals surface area (Å²) in [6.45, 7) is 0. The molecule has 0 saturated carbocycles. The predicted octanol–water partition coefficient (Wildman–Crippen LogP) is 4.23. The summed E-state index contributed by atoms with van der Waals surface area (Å²) < 4.78 is 56.8. The molecular weight excluding hydrogens is 276 g/mol. The van der Waals surface area contributed by atoms with Gasteiger partial charge in [0.2, 0.25) is 0 Å². The Morgan fingerprint density at radius 2 is 1.80 bits per heavy atom. The van der Waals surface area contributed by atoms with Gasteiger partial charge in [-0.25, -0.2) is 4.39 Å². The minimum atomic E-state index is -4.76. The van der Waals surface area contributed by atoms with Gasteiger partial charge in [-0.2, -0.15) is 13.2 Å². The van der Waals surface area contributed by atoms with Gasteiger partial charge in [0.05, 0.1) is 12.7 Å². The number of alkyl halides is 3. The third kappa shape index (κ3) is 2.54. The topological polar surface area (TPSA) is 29.5 Å². The van der Waals surface area contributed by atoms with E-state index in [4.69, 9.17) is 4.74 Å². The van der Waals surface area contributed by atoms with Crippen molar-refractivity contribution in [1.29, 1.82) is 0 Å². The van der Waals surface area contributed by atoms with Crippen LogP contribution in [0.3, 0.4) is 0 Å². The van der Waals surface area contributed by atoms with E-state index in [2.05, 4.69) is 0 Å². The standard InChI is InChI=1S/C14H10F4O2/c1-20-12-7-8(5-6-11(12)19)9-3-2-4-10(13(9)15)14(16,17)18/h2-7,19H,1H3. The number of aromatic hydroxyl groups is 1. The molecule has 0 fully saturated rings. The summed E-state index contributed by atoms with van der Waals surface area (Å²) in [5.41, 5.74) is -1.36. The van der Waals surface area contributed by atoms with E-state index in [-0.39, 0.29) is 22.6 Å². The van der Waals surface area contributed by atoms with E-state index >= 15 is 0 Å². The average Bonchev–Trinajstić information content (AvgIpc) is 2.38. The quantitative estimate of drug-likeness (QED) is 0.837. The maximum Gasteiger partial charge on any atom is 0.419 e. The summed E-state index contributed by atoms with van der Waals surface area (Å²) in [7, 11) is 1.29. The highest BCUT2D eigenvalue weighted by Gasteiger charge is 2.34. The minimum absolute atomic E-state index is 0.0549. The molecule has 0 heterocycles. The Bertz CT molecular complexity index is 636. The SMILES string of the molecule is COc1cc(-c2cccc(C(F)(F)F)c2F)ccc1O. The van der Waals surface area contributed by atoms with E-state index in [1.165, 1.54) is 31.4 Å². The van der Waals surface area contributed by atoms with Gasteiger partial charge in [-0.15, -0.1) is 0 Å². The first-order valence-electron chi connectivity index (χ1n) is 5.57. The van der Waals surface area contributed by atoms with Crippen molar-refractivity contribution in [2.75, 3.05) is 7.11 Å². The number of hydrogen-bond acceptors (Lipinski definition) is 2. The van der Waals surface area contributed by atoms with Crippen molar-refractivity contribution in [2.24, 2.45) is 0 Å². The first-order chi connectivity index (χ1) is 9.34. The molecule has 1 N–H and O–H groups in total. The van der Waals surface area contributed by atoms with Crippen LogP contribution in [0.2, 0.25) is 0 Å². The zero-order valence-corrected chi connectivity index (χ0v) is 10.3. The molecule has 6 heteroatoms. The molecule has 2 rings (SSSR count). The Hall–Kier alpha value is -2.24. The molecule has 0 spiro atoms. The second-order valence-corrected chi connectivity index (χ2v) is 4.05. The van der Waals surface area contributed by atoms with Crippen molar-refractivity contribution in [3.63, 3.8) is 0 Å². The summed E-state index contributed by atoms with van der Waals surface area (Å²) in [5.74, 6) is -1.48. The molecule has 2 nitrogen and oxygen atoms in total. The van der Waals surface area contributed by atoms with Crippen LogP contribution < -0.4 is 4.74 Å². The number of methoxy groups -OCH3 is 1. The highest BCUT2D eigenvalue weighted by Crippen LogP contribution is 2.37. The molecule has 0 aliphatic carbocycles. The zero-order valence-electron chi connectivity index (χ0n) is 10.3. The Morgan fingerprint density at radius 1 is 1.10 bits per heavy atom. The Morgan fingerprint density at radius 3 is 2.40 bits per heavy atom. The first kappa shape index (κ1) is 14.2. The van der Waals surface area contributed by atoms with Gasteiger partial charge in [-0.1, -0.05) is 18.2 Å². The molecule has 0 aromatic heterocycles. The van der Waals surface area contributed by atoms with Crippen molar-refractivity contribution in [3.05, 3.63) is 47.8 Å². The van der Waals surface area contributed by atoms with Gasteiger partial charge in [0.15, 0.2) is 11.5 Å². The highest BCUT2D eigenvalue weighted by atomic mass is 19.4. The van der Waals surface area contributed by atoms with Crippen molar-refractivity contribution in [2.45, 2.75) is 6.18 Å². The van der Waals surface area contributed by atoms with Gasteiger partial charge in [-0.05, 0) is 23.8 Å². The Balaban J connectivity index is 2.59. The lowest BCUT2D eigenvalue weighted by Crippen LogP contribution is -2.08. The molecule has 0 atom stereocenters. The maximum atomic E-state index is 14.0. The molecule has 2 aromatic carbocycles. The lowest BCUT2D eigenvalue weighted by Gasteiger charge is -2.12. The number of benzene rings is 2. The van der Waals surface area contributed by atoms with Crippen LogP contribution >= 0.6 is 0 Å². The zero-order chi connectivity index (χ0) is 14.9. The first-order valence-corrected chi connectivity index (χ1v) is 5.57. The van der Waals surface area contributed by atoms with E-state index < -0.39 is 17.6 Å². The average molecular weight is 286 g/mol. The van der Waals surface area contributed by atoms with Crippen LogP contribution in [-0.2, 0) is 6.18 Å². The summed E-state index contributed by atoms with van der Waals surface area (Å²) in [5, 5.41) is 9.44. The lowest BCUT2D eigenvalue weighted by atomic mass is 10.0. The van der Waals surface area contributed by atoms with Crippen molar-refractivity contribution in [3.8, 4) is 22.6 Å². The van der Waals surface area contributed by atoms with Crippen LogP contribution in [0.4, 0.5) is 17.6 Å². The minimum Gasteiger partial charge on any atom is -0.504 e. The van der Waals surface area contributed by atoms with E-state index in [1.54, 1.807) is 0 Å². The van der Waals surface area contributed by atoms with Gasteiger partial charge >= 0.3 is 6.18 Å². The monoisotopic (exact) mass is 286 g/mol. The van der Waals surface area contributed by atoms with Crippen LogP contribution in [0.25, 0.3) is 11.1 Å². The second-order valence-electron chi connectivity index (χ2n) is 4.05. The molecule has 2 aromatic rings. The van der Waals surface area contributed by atoms with E-state index in [9.17, 15) is 22.7 Å². The van der Waals surface area contributed by atoms with Crippen LogP contribution in [-0.4, -0.2) is 12.2 Å². The summed E-state index contributed by atoms with van der Waals surface area (Å²) in [6, 6.07) is 6.85. The van der Waals surface area contributed by atoms with Crippen molar-refractivity contribution < 1.29 is 27.4 Å². The molecule has 0 radical (unpaired) electrons. The van der Waals surface area contributed by atoms with Gasteiger partial charge in [-0.3, -0.25) is 0 Å². The second kappa shape index (κ2) is 5.03. The third-order valence-electron chi connectivity index (χ3n) is 2.79. The number of rotatable bonds is 2. The third-order valence-corrected chi connectivity index (χ3v) is 2.79. The predicted molar refractivity (Wildman–Crippen MR) is 65.1 cm³/mol. The molecule has 20 heavy (non-hydrogen) atoms. The van der Waals surface area contributed by atoms with E-state index in [0.29, 0.717) is 6.07 Å². The van der Waals surface area contributed by atoms with Crippen LogP contribution in [0, 0.1) is 5.82 Å². The number of phenolic OH excluding ortho intramolecular Hbond substituents is 1. The van der Waals surface area contributed by atoms with Gasteiger partial charge < -0.3 is 9.84 Å². The molecular formula is C14H10F4O2. The maximum absolute atomic E-state index is 14.0. The molecule has 0 amide bonds. The lowest BCUT2D eigenvalue weighted by molar-refractivity contribution is -0.139. The number of hydrogen-bond donors (Lipinski definition) is 1. The van der Waals surface area contributed by atoms with Gasteiger partial charge in [0, 0.05) is 5.56 Å². The highest BCUT2D eigenvalue weighted by molar-refractivity contribution is 5.68. The number of phenols is 1. The van der Waals surface area contributed by atoms with Crippen molar-refractivity contribution >= 4 is 0 Å². The van der Waals surface area contributed by atoms with Gasteiger partial charge in [0.25, 0.3) is 0 Å². The molecule has 106 valence electrons. The largest absolute Gasteiger partial charge is 0.504 e. The molecule has 0 aliphatic rings.